The second-order valence-electron chi connectivity index (χ2n) is 6.50. The average Bonchev–Trinajstić information content (AvgIpc) is 2.76. The van der Waals surface area contributed by atoms with E-state index in [0.29, 0.717) is 43.7 Å². The molecular formula is C22H15Cl2N5O2. The topological polar surface area (TPSA) is 99.2 Å². The molecule has 0 aliphatic carbocycles. The molecule has 0 unspecified atom stereocenters. The van der Waals surface area contributed by atoms with E-state index in [4.69, 9.17) is 23.2 Å². The van der Waals surface area contributed by atoms with Crippen molar-refractivity contribution in [3.63, 3.8) is 0 Å². The van der Waals surface area contributed by atoms with Crippen LogP contribution >= 0.6 is 23.2 Å². The van der Waals surface area contributed by atoms with Crippen molar-refractivity contribution in [3.8, 4) is 0 Å². The molecule has 0 bridgehead atoms. The first-order chi connectivity index (χ1) is 15.0. The molecule has 31 heavy (non-hydrogen) atoms. The van der Waals surface area contributed by atoms with E-state index < -0.39 is 0 Å². The second kappa shape index (κ2) is 8.99. The average molecular weight is 452 g/mol. The smallest absolute Gasteiger partial charge is 0.271 e. The first-order valence-electron chi connectivity index (χ1n) is 9.14. The highest BCUT2D eigenvalue weighted by atomic mass is 35.5. The standard InChI is InChI=1S/C22H15Cl2N5O2/c23-15-8-5-14(18(24)11-15)12-25-29-20(30)13-6-9-16(10-7-13)26-22-27-19-4-2-1-3-17(19)21(31)28-22/h1-12H,(H,29,30)(H2,26,27,28,31)/b25-12-. The minimum absolute atomic E-state index is 0.234. The number of fused-ring (bicyclic) bond motifs is 1. The molecule has 0 radical (unpaired) electrons. The van der Waals surface area contributed by atoms with Gasteiger partial charge in [-0.3, -0.25) is 14.6 Å². The summed E-state index contributed by atoms with van der Waals surface area (Å²) in [5.74, 6) is -0.0736. The summed E-state index contributed by atoms with van der Waals surface area (Å²) in [7, 11) is 0. The highest BCUT2D eigenvalue weighted by Crippen LogP contribution is 2.19. The fourth-order valence-electron chi connectivity index (χ4n) is 2.82. The van der Waals surface area contributed by atoms with Gasteiger partial charge in [-0.25, -0.2) is 10.4 Å². The Kier molecular flexibility index (Phi) is 5.97. The minimum Gasteiger partial charge on any atom is -0.326 e. The van der Waals surface area contributed by atoms with Gasteiger partial charge in [0.25, 0.3) is 11.5 Å². The van der Waals surface area contributed by atoms with Crippen LogP contribution in [0.1, 0.15) is 15.9 Å². The lowest BCUT2D eigenvalue weighted by Crippen LogP contribution is -2.17. The summed E-state index contributed by atoms with van der Waals surface area (Å²) < 4.78 is 0. The molecule has 9 heteroatoms. The number of H-pyrrole nitrogens is 1. The molecule has 0 spiro atoms. The van der Waals surface area contributed by atoms with Crippen molar-refractivity contribution in [2.24, 2.45) is 5.10 Å². The summed E-state index contributed by atoms with van der Waals surface area (Å²) in [5.41, 5.74) is 4.49. The number of carbonyl (C=O) groups is 1. The van der Waals surface area contributed by atoms with Crippen LogP contribution in [0.3, 0.4) is 0 Å². The van der Waals surface area contributed by atoms with Crippen LogP contribution in [0.25, 0.3) is 10.9 Å². The normalized spacial score (nSPS) is 11.0. The maximum atomic E-state index is 12.3. The van der Waals surface area contributed by atoms with Gasteiger partial charge >= 0.3 is 0 Å². The maximum Gasteiger partial charge on any atom is 0.271 e. The molecule has 1 amide bonds. The van der Waals surface area contributed by atoms with Gasteiger partial charge in [0.05, 0.1) is 22.1 Å². The number of anilines is 2. The van der Waals surface area contributed by atoms with Crippen LogP contribution in [0, 0.1) is 0 Å². The van der Waals surface area contributed by atoms with Gasteiger partial charge in [-0.05, 0) is 48.5 Å². The van der Waals surface area contributed by atoms with E-state index in [9.17, 15) is 9.59 Å². The highest BCUT2D eigenvalue weighted by Gasteiger charge is 2.07. The Morgan fingerprint density at radius 2 is 1.81 bits per heavy atom. The molecule has 4 rings (SSSR count). The Bertz CT molecular complexity index is 1350. The fourth-order valence-corrected chi connectivity index (χ4v) is 3.28. The van der Waals surface area contributed by atoms with E-state index in [2.05, 4.69) is 25.8 Å². The Morgan fingerprint density at radius 1 is 1.03 bits per heavy atom. The maximum absolute atomic E-state index is 12.3. The quantitative estimate of drug-likeness (QED) is 0.301. The third-order valence-electron chi connectivity index (χ3n) is 4.35. The van der Waals surface area contributed by atoms with Crippen LogP contribution in [0.4, 0.5) is 11.6 Å². The minimum atomic E-state index is -0.384. The molecule has 0 aliphatic heterocycles. The van der Waals surface area contributed by atoms with Gasteiger partial charge in [0.2, 0.25) is 5.95 Å². The molecule has 7 nitrogen and oxygen atoms in total. The molecule has 3 N–H and O–H groups in total. The van der Waals surface area contributed by atoms with Crippen LogP contribution < -0.4 is 16.3 Å². The molecule has 154 valence electrons. The predicted octanol–water partition coefficient (Wildman–Crippen LogP) is 4.74. The second-order valence-corrected chi connectivity index (χ2v) is 7.34. The number of benzene rings is 3. The number of carbonyl (C=O) groups excluding carboxylic acids is 1. The molecule has 0 saturated heterocycles. The van der Waals surface area contributed by atoms with Gasteiger partial charge in [0.15, 0.2) is 0 Å². The van der Waals surface area contributed by atoms with E-state index in [1.807, 2.05) is 6.07 Å². The van der Waals surface area contributed by atoms with Crippen molar-refractivity contribution in [3.05, 3.63) is 98.3 Å². The van der Waals surface area contributed by atoms with Crippen molar-refractivity contribution in [1.29, 1.82) is 0 Å². The molecule has 0 aliphatic rings. The van der Waals surface area contributed by atoms with Crippen LogP contribution in [-0.4, -0.2) is 22.1 Å². The third kappa shape index (κ3) is 4.91. The van der Waals surface area contributed by atoms with Gasteiger partial charge < -0.3 is 5.32 Å². The van der Waals surface area contributed by atoms with Crippen molar-refractivity contribution >= 4 is 57.9 Å². The number of hydrogen-bond acceptors (Lipinski definition) is 5. The van der Waals surface area contributed by atoms with E-state index >= 15 is 0 Å². The van der Waals surface area contributed by atoms with E-state index in [-0.39, 0.29) is 11.5 Å². The number of hydrogen-bond donors (Lipinski definition) is 3. The first kappa shape index (κ1) is 20.6. The van der Waals surface area contributed by atoms with Crippen molar-refractivity contribution in [2.45, 2.75) is 0 Å². The fraction of sp³-hybridized carbons (Fsp3) is 0. The summed E-state index contributed by atoms with van der Waals surface area (Å²) in [5, 5.41) is 8.41. The zero-order chi connectivity index (χ0) is 21.8. The Morgan fingerprint density at radius 3 is 2.58 bits per heavy atom. The molecule has 0 atom stereocenters. The van der Waals surface area contributed by atoms with Gasteiger partial charge in [-0.1, -0.05) is 41.4 Å². The van der Waals surface area contributed by atoms with Crippen LogP contribution in [-0.2, 0) is 0 Å². The van der Waals surface area contributed by atoms with Crippen LogP contribution in [0.5, 0.6) is 0 Å². The zero-order valence-electron chi connectivity index (χ0n) is 15.9. The lowest BCUT2D eigenvalue weighted by molar-refractivity contribution is 0.0955. The summed E-state index contributed by atoms with van der Waals surface area (Å²) >= 11 is 11.9. The molecule has 0 fully saturated rings. The summed E-state index contributed by atoms with van der Waals surface area (Å²) in [6.07, 6.45) is 1.44. The van der Waals surface area contributed by atoms with Crippen molar-refractivity contribution < 1.29 is 4.79 Å². The van der Waals surface area contributed by atoms with Crippen molar-refractivity contribution in [1.82, 2.24) is 15.4 Å². The molecule has 1 aromatic heterocycles. The summed E-state index contributed by atoms with van der Waals surface area (Å²) in [4.78, 5) is 31.5. The Balaban J connectivity index is 1.42. The molecule has 4 aromatic rings. The van der Waals surface area contributed by atoms with Crippen LogP contribution in [0.15, 0.2) is 76.6 Å². The number of halogens is 2. The van der Waals surface area contributed by atoms with E-state index in [0.717, 1.165) is 0 Å². The van der Waals surface area contributed by atoms with E-state index in [1.54, 1.807) is 60.7 Å². The van der Waals surface area contributed by atoms with Gasteiger partial charge in [-0.2, -0.15) is 5.10 Å². The van der Waals surface area contributed by atoms with Crippen LogP contribution in [0.2, 0.25) is 10.0 Å². The third-order valence-corrected chi connectivity index (χ3v) is 4.92. The highest BCUT2D eigenvalue weighted by molar-refractivity contribution is 6.36. The monoisotopic (exact) mass is 451 g/mol. The SMILES string of the molecule is O=C(N/N=C\c1ccc(Cl)cc1Cl)c1ccc(Nc2nc3ccccc3c(=O)[nH]2)cc1. The Hall–Kier alpha value is -3.68. The molecule has 3 aromatic carbocycles. The lowest BCUT2D eigenvalue weighted by atomic mass is 10.2. The number of aromatic nitrogens is 2. The molecule has 0 saturated carbocycles. The number of hydrazone groups is 1. The Labute approximate surface area is 186 Å². The number of para-hydroxylation sites is 1. The van der Waals surface area contributed by atoms with Gasteiger partial charge in [0.1, 0.15) is 0 Å². The van der Waals surface area contributed by atoms with Gasteiger partial charge in [-0.15, -0.1) is 0 Å². The summed E-state index contributed by atoms with van der Waals surface area (Å²) in [6, 6.07) is 18.7. The largest absolute Gasteiger partial charge is 0.326 e. The molecule has 1 heterocycles. The first-order valence-corrected chi connectivity index (χ1v) is 9.90. The van der Waals surface area contributed by atoms with Crippen molar-refractivity contribution in [2.75, 3.05) is 5.32 Å². The number of aromatic amines is 1. The van der Waals surface area contributed by atoms with Gasteiger partial charge in [0, 0.05) is 21.8 Å². The zero-order valence-corrected chi connectivity index (χ0v) is 17.4. The van der Waals surface area contributed by atoms with E-state index in [1.165, 1.54) is 6.21 Å². The predicted molar refractivity (Wildman–Crippen MR) is 124 cm³/mol. The number of amides is 1. The number of rotatable bonds is 5. The molecular weight excluding hydrogens is 437 g/mol. The number of nitrogens with zero attached hydrogens (tertiary/aromatic N) is 2. The lowest BCUT2D eigenvalue weighted by Gasteiger charge is -2.07. The summed E-state index contributed by atoms with van der Waals surface area (Å²) in [6.45, 7) is 0. The number of nitrogens with one attached hydrogen (secondary N) is 3.